The number of esters is 1. The summed E-state index contributed by atoms with van der Waals surface area (Å²) in [6, 6.07) is -0.700. The molecule has 3 N–H and O–H groups in total. The second-order valence-electron chi connectivity index (χ2n) is 15.8. The minimum atomic E-state index is -0.786. The quantitative estimate of drug-likeness (QED) is 0.0328. The van der Waals surface area contributed by atoms with E-state index in [1.54, 1.807) is 0 Å². The fourth-order valence-corrected chi connectivity index (χ4v) is 7.02. The molecule has 3 unspecified atom stereocenters. The zero-order valence-corrected chi connectivity index (χ0v) is 35.9. The number of carbonyl (C=O) groups is 2. The molecule has 54 heavy (non-hydrogen) atoms. The van der Waals surface area contributed by atoms with E-state index in [2.05, 4.69) is 62.5 Å². The molecule has 0 aliphatic rings. The van der Waals surface area contributed by atoms with Crippen LogP contribution in [0.4, 0.5) is 0 Å². The molecule has 6 nitrogen and oxygen atoms in total. The molecule has 0 heterocycles. The SMILES string of the molecule is CC/C=C/C=C/C=C\CCCCCCCC(=O)OC(CCCCCCCCCC)CC(=O)NC(CO)C(O)CCCCCCCCCCCCCCCC. The fraction of sp³-hybridized carbons (Fsp3) is 0.833. The van der Waals surface area contributed by atoms with Gasteiger partial charge in [-0.25, -0.2) is 0 Å². The lowest BCUT2D eigenvalue weighted by atomic mass is 10.0. The van der Waals surface area contributed by atoms with E-state index in [0.29, 0.717) is 19.3 Å². The van der Waals surface area contributed by atoms with Crippen LogP contribution in [0.1, 0.15) is 233 Å². The van der Waals surface area contributed by atoms with Crippen LogP contribution in [0.25, 0.3) is 0 Å². The molecule has 6 heteroatoms. The minimum absolute atomic E-state index is 0.0713. The van der Waals surface area contributed by atoms with Gasteiger partial charge in [0.25, 0.3) is 0 Å². The predicted octanol–water partition coefficient (Wildman–Crippen LogP) is 13.3. The maximum atomic E-state index is 13.1. The summed E-state index contributed by atoms with van der Waals surface area (Å²) < 4.78 is 5.88. The van der Waals surface area contributed by atoms with E-state index in [0.717, 1.165) is 77.0 Å². The number of amides is 1. The van der Waals surface area contributed by atoms with Gasteiger partial charge in [0.15, 0.2) is 0 Å². The number of rotatable bonds is 41. The van der Waals surface area contributed by atoms with Crippen molar-refractivity contribution in [2.45, 2.75) is 251 Å². The van der Waals surface area contributed by atoms with Crippen molar-refractivity contribution in [3.05, 3.63) is 36.5 Å². The first-order chi connectivity index (χ1) is 26.5. The summed E-state index contributed by atoms with van der Waals surface area (Å²) in [5, 5.41) is 23.6. The number of aliphatic hydroxyl groups excluding tert-OH is 2. The van der Waals surface area contributed by atoms with Gasteiger partial charge in [-0.05, 0) is 44.9 Å². The van der Waals surface area contributed by atoms with Crippen LogP contribution in [0.2, 0.25) is 0 Å². The van der Waals surface area contributed by atoms with Crippen LogP contribution in [0, 0.1) is 0 Å². The van der Waals surface area contributed by atoms with Crippen molar-refractivity contribution in [2.75, 3.05) is 6.61 Å². The molecule has 0 saturated carbocycles. The van der Waals surface area contributed by atoms with Crippen LogP contribution in [0.5, 0.6) is 0 Å². The van der Waals surface area contributed by atoms with E-state index in [1.165, 1.54) is 109 Å². The number of aliphatic hydroxyl groups is 2. The first-order valence-corrected chi connectivity index (χ1v) is 23.2. The summed E-state index contributed by atoms with van der Waals surface area (Å²) in [5.41, 5.74) is 0. The third-order valence-corrected chi connectivity index (χ3v) is 10.5. The predicted molar refractivity (Wildman–Crippen MR) is 232 cm³/mol. The monoisotopic (exact) mass is 760 g/mol. The molecule has 0 aliphatic carbocycles. The average Bonchev–Trinajstić information content (AvgIpc) is 3.16. The van der Waals surface area contributed by atoms with Gasteiger partial charge in [0.2, 0.25) is 5.91 Å². The fourth-order valence-electron chi connectivity index (χ4n) is 7.02. The van der Waals surface area contributed by atoms with Gasteiger partial charge >= 0.3 is 5.97 Å². The highest BCUT2D eigenvalue weighted by Gasteiger charge is 2.24. The maximum Gasteiger partial charge on any atom is 0.306 e. The molecular weight excluding hydrogens is 671 g/mol. The molecule has 0 radical (unpaired) electrons. The van der Waals surface area contributed by atoms with Crippen molar-refractivity contribution in [2.24, 2.45) is 0 Å². The second-order valence-corrected chi connectivity index (χ2v) is 15.8. The van der Waals surface area contributed by atoms with Gasteiger partial charge in [0, 0.05) is 6.42 Å². The van der Waals surface area contributed by atoms with Gasteiger partial charge in [0.1, 0.15) is 6.10 Å². The van der Waals surface area contributed by atoms with Gasteiger partial charge in [-0.1, -0.05) is 211 Å². The highest BCUT2D eigenvalue weighted by molar-refractivity contribution is 5.77. The largest absolute Gasteiger partial charge is 0.462 e. The number of carbonyl (C=O) groups excluding carboxylic acids is 2. The standard InChI is InChI=1S/C48H89NO5/c1-4-7-10-13-16-19-21-23-25-26-28-31-34-37-40-46(51)45(43-50)49-47(52)42-44(39-36-33-30-18-15-12-9-6-3)54-48(53)41-38-35-32-29-27-24-22-20-17-14-11-8-5-2/h8,11,14,17,20,22,44-46,50-51H,4-7,9-10,12-13,15-16,18-19,21,23-43H2,1-3H3,(H,49,52)/b11-8+,17-14+,22-20-. The van der Waals surface area contributed by atoms with E-state index in [1.807, 2.05) is 0 Å². The highest BCUT2D eigenvalue weighted by atomic mass is 16.5. The molecule has 0 bridgehead atoms. The normalized spacial score (nSPS) is 13.6. The number of nitrogens with one attached hydrogen (secondary N) is 1. The van der Waals surface area contributed by atoms with E-state index in [9.17, 15) is 19.8 Å². The number of unbranched alkanes of at least 4 members (excludes halogenated alkanes) is 25. The van der Waals surface area contributed by atoms with Gasteiger partial charge < -0.3 is 20.3 Å². The number of hydrogen-bond acceptors (Lipinski definition) is 5. The highest BCUT2D eigenvalue weighted by Crippen LogP contribution is 2.18. The van der Waals surface area contributed by atoms with Crippen LogP contribution in [0.3, 0.4) is 0 Å². The van der Waals surface area contributed by atoms with Gasteiger partial charge in [-0.15, -0.1) is 0 Å². The Morgan fingerprint density at radius 1 is 0.556 bits per heavy atom. The summed E-state index contributed by atoms with van der Waals surface area (Å²) in [6.07, 6.45) is 47.8. The molecule has 0 fully saturated rings. The molecule has 0 spiro atoms. The first kappa shape index (κ1) is 52.1. The van der Waals surface area contributed by atoms with Gasteiger partial charge in [-0.2, -0.15) is 0 Å². The maximum absolute atomic E-state index is 13.1. The van der Waals surface area contributed by atoms with Crippen molar-refractivity contribution >= 4 is 11.9 Å². The Balaban J connectivity index is 4.48. The molecule has 0 aliphatic heterocycles. The Labute approximate surface area is 334 Å². The van der Waals surface area contributed by atoms with Crippen LogP contribution in [-0.4, -0.2) is 46.9 Å². The topological polar surface area (TPSA) is 95.9 Å². The summed E-state index contributed by atoms with van der Waals surface area (Å²) in [7, 11) is 0. The lowest BCUT2D eigenvalue weighted by Crippen LogP contribution is -2.46. The molecule has 316 valence electrons. The third kappa shape index (κ3) is 37.0. The smallest absolute Gasteiger partial charge is 0.306 e. The first-order valence-electron chi connectivity index (χ1n) is 23.2. The van der Waals surface area contributed by atoms with Crippen molar-refractivity contribution in [1.29, 1.82) is 0 Å². The second kappa shape index (κ2) is 42.2. The lowest BCUT2D eigenvalue weighted by Gasteiger charge is -2.24. The summed E-state index contributed by atoms with van der Waals surface area (Å²) >= 11 is 0. The zero-order valence-electron chi connectivity index (χ0n) is 35.9. The average molecular weight is 760 g/mol. The van der Waals surface area contributed by atoms with Crippen molar-refractivity contribution in [1.82, 2.24) is 5.32 Å². The van der Waals surface area contributed by atoms with Crippen LogP contribution < -0.4 is 5.32 Å². The number of ether oxygens (including phenoxy) is 1. The molecule has 1 amide bonds. The van der Waals surface area contributed by atoms with E-state index < -0.39 is 18.2 Å². The van der Waals surface area contributed by atoms with Crippen molar-refractivity contribution < 1.29 is 24.5 Å². The molecular formula is C48H89NO5. The van der Waals surface area contributed by atoms with E-state index in [4.69, 9.17) is 4.74 Å². The molecule has 0 aromatic rings. The Kier molecular flexibility index (Phi) is 40.7. The molecule has 0 aromatic heterocycles. The van der Waals surface area contributed by atoms with Crippen LogP contribution in [-0.2, 0) is 14.3 Å². The summed E-state index contributed by atoms with van der Waals surface area (Å²) in [4.78, 5) is 25.9. The molecule has 0 aromatic carbocycles. The number of hydrogen-bond donors (Lipinski definition) is 3. The molecule has 0 saturated heterocycles. The van der Waals surface area contributed by atoms with Crippen LogP contribution >= 0.6 is 0 Å². The number of allylic oxidation sites excluding steroid dienone is 6. The van der Waals surface area contributed by atoms with Gasteiger partial charge in [0.05, 0.1) is 25.2 Å². The summed E-state index contributed by atoms with van der Waals surface area (Å²) in [6.45, 7) is 6.32. The minimum Gasteiger partial charge on any atom is -0.462 e. The molecule has 3 atom stereocenters. The zero-order chi connectivity index (χ0) is 39.6. The Bertz CT molecular complexity index is 900. The van der Waals surface area contributed by atoms with Crippen molar-refractivity contribution in [3.8, 4) is 0 Å². The van der Waals surface area contributed by atoms with E-state index >= 15 is 0 Å². The van der Waals surface area contributed by atoms with Gasteiger partial charge in [-0.3, -0.25) is 9.59 Å². The lowest BCUT2D eigenvalue weighted by molar-refractivity contribution is -0.151. The van der Waals surface area contributed by atoms with E-state index in [-0.39, 0.29) is 24.9 Å². The Hall–Kier alpha value is -1.92. The summed E-state index contributed by atoms with van der Waals surface area (Å²) in [5.74, 6) is -0.496. The molecule has 0 rings (SSSR count). The third-order valence-electron chi connectivity index (χ3n) is 10.5. The Morgan fingerprint density at radius 2 is 1.00 bits per heavy atom. The van der Waals surface area contributed by atoms with Crippen LogP contribution in [0.15, 0.2) is 36.5 Å². The Morgan fingerprint density at radius 3 is 1.50 bits per heavy atom. The van der Waals surface area contributed by atoms with Crippen molar-refractivity contribution in [3.63, 3.8) is 0 Å².